The van der Waals surface area contributed by atoms with Crippen LogP contribution in [0.4, 0.5) is 19.4 Å². The number of carbonyl (C=O) groups excluding carboxylic acids is 2. The van der Waals surface area contributed by atoms with E-state index in [-0.39, 0.29) is 37.0 Å². The summed E-state index contributed by atoms with van der Waals surface area (Å²) in [6, 6.07) is 9.15. The number of hydrogen-bond acceptors (Lipinski definition) is 7. The third-order valence-corrected chi connectivity index (χ3v) is 5.52. The van der Waals surface area contributed by atoms with Gasteiger partial charge in [0.2, 0.25) is 5.91 Å². The number of carbonyl (C=O) groups is 2. The maximum Gasteiger partial charge on any atom is 0.412 e. The molecule has 5 N–H and O–H groups in total. The van der Waals surface area contributed by atoms with Crippen LogP contribution in [0.5, 0.6) is 0 Å². The standard InChI is InChI=1S/C24H25ClF2N4O5/c25-23-15(2-1-3-20(23)27)9-28-11-22(34)30-18(8-19(33)12-32)13-36-24(35)31-21-7-16-6-17(26)5-4-14(16)10-29-21/h1-7,10,18-19,28,32-33H,8-9,11-13H2,(H,30,34)(H,29,31,35). The molecule has 0 bridgehead atoms. The monoisotopic (exact) mass is 522 g/mol. The first kappa shape index (κ1) is 27.2. The zero-order valence-corrected chi connectivity index (χ0v) is 19.8. The van der Waals surface area contributed by atoms with E-state index in [1.54, 1.807) is 12.1 Å². The molecule has 0 fully saturated rings. The van der Waals surface area contributed by atoms with E-state index < -0.39 is 42.4 Å². The lowest BCUT2D eigenvalue weighted by Crippen LogP contribution is -2.45. The van der Waals surface area contributed by atoms with Crippen molar-refractivity contribution in [1.82, 2.24) is 15.6 Å². The Balaban J connectivity index is 1.51. The summed E-state index contributed by atoms with van der Waals surface area (Å²) in [5, 5.41) is 27.9. The van der Waals surface area contributed by atoms with E-state index in [4.69, 9.17) is 21.4 Å². The first-order valence-electron chi connectivity index (χ1n) is 11.0. The SMILES string of the molecule is O=C(CNCc1cccc(F)c1Cl)NC(COC(=O)Nc1cc2cc(F)ccc2cn1)CC(O)CO. The van der Waals surface area contributed by atoms with Crippen LogP contribution in [0.15, 0.2) is 48.7 Å². The molecule has 0 saturated heterocycles. The second-order valence-corrected chi connectivity index (χ2v) is 8.32. The number of hydrogen-bond donors (Lipinski definition) is 5. The second kappa shape index (κ2) is 13.1. The number of rotatable bonds is 11. The number of aliphatic hydroxyl groups excluding tert-OH is 2. The Labute approximate surface area is 210 Å². The van der Waals surface area contributed by atoms with Crippen LogP contribution in [0.2, 0.25) is 5.02 Å². The van der Waals surface area contributed by atoms with Crippen LogP contribution < -0.4 is 16.0 Å². The van der Waals surface area contributed by atoms with Gasteiger partial charge < -0.3 is 25.6 Å². The fourth-order valence-corrected chi connectivity index (χ4v) is 3.54. The van der Waals surface area contributed by atoms with E-state index in [2.05, 4.69) is 20.9 Å². The van der Waals surface area contributed by atoms with E-state index in [9.17, 15) is 23.5 Å². The summed E-state index contributed by atoms with van der Waals surface area (Å²) in [5.74, 6) is -1.36. The van der Waals surface area contributed by atoms with Crippen molar-refractivity contribution in [2.45, 2.75) is 25.1 Å². The number of nitrogens with zero attached hydrogens (tertiary/aromatic N) is 1. The third kappa shape index (κ3) is 8.09. The molecule has 2 amide bonds. The van der Waals surface area contributed by atoms with Crippen molar-refractivity contribution in [3.05, 3.63) is 70.9 Å². The van der Waals surface area contributed by atoms with Gasteiger partial charge >= 0.3 is 6.09 Å². The predicted octanol–water partition coefficient (Wildman–Crippen LogP) is 2.73. The Bertz CT molecular complexity index is 1220. The average molecular weight is 523 g/mol. The van der Waals surface area contributed by atoms with Crippen LogP contribution in [0.1, 0.15) is 12.0 Å². The molecular formula is C24H25ClF2N4O5. The summed E-state index contributed by atoms with van der Waals surface area (Å²) in [6.45, 7) is -0.892. The van der Waals surface area contributed by atoms with Crippen LogP contribution >= 0.6 is 11.6 Å². The number of anilines is 1. The molecule has 0 radical (unpaired) electrons. The Morgan fingerprint density at radius 3 is 2.72 bits per heavy atom. The molecule has 0 aliphatic rings. The maximum atomic E-state index is 13.5. The summed E-state index contributed by atoms with van der Waals surface area (Å²) in [4.78, 5) is 28.6. The second-order valence-electron chi connectivity index (χ2n) is 7.94. The van der Waals surface area contributed by atoms with Gasteiger partial charge in [-0.05, 0) is 47.7 Å². The molecule has 2 atom stereocenters. The number of aromatic nitrogens is 1. The highest BCUT2D eigenvalue weighted by Gasteiger charge is 2.19. The van der Waals surface area contributed by atoms with Crippen molar-refractivity contribution in [2.24, 2.45) is 0 Å². The van der Waals surface area contributed by atoms with E-state index in [1.807, 2.05) is 0 Å². The van der Waals surface area contributed by atoms with Crippen molar-refractivity contribution >= 4 is 40.2 Å². The number of fused-ring (bicyclic) bond motifs is 1. The first-order valence-corrected chi connectivity index (χ1v) is 11.3. The number of amides is 2. The maximum absolute atomic E-state index is 13.5. The van der Waals surface area contributed by atoms with Crippen molar-refractivity contribution in [1.29, 1.82) is 0 Å². The number of nitrogens with one attached hydrogen (secondary N) is 3. The van der Waals surface area contributed by atoms with E-state index >= 15 is 0 Å². The van der Waals surface area contributed by atoms with Crippen molar-refractivity contribution in [3.8, 4) is 0 Å². The van der Waals surface area contributed by atoms with Crippen LogP contribution in [0, 0.1) is 11.6 Å². The minimum absolute atomic E-state index is 0.0418. The molecule has 0 spiro atoms. The number of ether oxygens (including phenoxy) is 1. The Kier molecular flexibility index (Phi) is 9.88. The van der Waals surface area contributed by atoms with Gasteiger partial charge in [-0.3, -0.25) is 10.1 Å². The highest BCUT2D eigenvalue weighted by molar-refractivity contribution is 6.31. The van der Waals surface area contributed by atoms with Crippen molar-refractivity contribution < 1.29 is 33.3 Å². The molecule has 2 unspecified atom stereocenters. The highest BCUT2D eigenvalue weighted by atomic mass is 35.5. The third-order valence-electron chi connectivity index (χ3n) is 5.09. The van der Waals surface area contributed by atoms with Gasteiger partial charge in [-0.1, -0.05) is 23.7 Å². The van der Waals surface area contributed by atoms with Crippen LogP contribution in [0.3, 0.4) is 0 Å². The zero-order valence-electron chi connectivity index (χ0n) is 19.0. The quantitative estimate of drug-likeness (QED) is 0.261. The average Bonchev–Trinajstić information content (AvgIpc) is 2.84. The number of halogens is 3. The molecule has 9 nitrogen and oxygen atoms in total. The van der Waals surface area contributed by atoms with Crippen LogP contribution in [-0.4, -0.2) is 59.1 Å². The van der Waals surface area contributed by atoms with Gasteiger partial charge in [0.15, 0.2) is 0 Å². The lowest BCUT2D eigenvalue weighted by Gasteiger charge is -2.21. The molecule has 0 aliphatic heterocycles. The van der Waals surface area contributed by atoms with Gasteiger partial charge in [0.05, 0.1) is 30.3 Å². The van der Waals surface area contributed by atoms with E-state index in [0.29, 0.717) is 16.3 Å². The Morgan fingerprint density at radius 1 is 1.14 bits per heavy atom. The largest absolute Gasteiger partial charge is 0.447 e. The smallest absolute Gasteiger partial charge is 0.412 e. The van der Waals surface area contributed by atoms with Gasteiger partial charge in [-0.15, -0.1) is 0 Å². The summed E-state index contributed by atoms with van der Waals surface area (Å²) in [5.41, 5.74) is 0.474. The predicted molar refractivity (Wildman–Crippen MR) is 129 cm³/mol. The highest BCUT2D eigenvalue weighted by Crippen LogP contribution is 2.19. The molecule has 1 aromatic heterocycles. The molecule has 0 saturated carbocycles. The van der Waals surface area contributed by atoms with Crippen LogP contribution in [-0.2, 0) is 16.1 Å². The fraction of sp³-hybridized carbons (Fsp3) is 0.292. The lowest BCUT2D eigenvalue weighted by atomic mass is 10.1. The lowest BCUT2D eigenvalue weighted by molar-refractivity contribution is -0.121. The fourth-order valence-electron chi connectivity index (χ4n) is 3.34. The number of aliphatic hydroxyl groups is 2. The summed E-state index contributed by atoms with van der Waals surface area (Å²) < 4.78 is 32.1. The molecule has 36 heavy (non-hydrogen) atoms. The topological polar surface area (TPSA) is 133 Å². The van der Waals surface area contributed by atoms with Gasteiger partial charge in [0, 0.05) is 18.1 Å². The molecular weight excluding hydrogens is 498 g/mol. The molecule has 192 valence electrons. The van der Waals surface area contributed by atoms with Gasteiger partial charge in [0.25, 0.3) is 0 Å². The molecule has 3 rings (SSSR count). The minimum Gasteiger partial charge on any atom is -0.447 e. The Morgan fingerprint density at radius 2 is 1.94 bits per heavy atom. The molecule has 0 aliphatic carbocycles. The number of benzene rings is 2. The normalized spacial score (nSPS) is 12.7. The van der Waals surface area contributed by atoms with E-state index in [0.717, 1.165) is 0 Å². The summed E-state index contributed by atoms with van der Waals surface area (Å²) in [6.07, 6.45) is -0.652. The Hall–Kier alpha value is -3.38. The van der Waals surface area contributed by atoms with Gasteiger partial charge in [0.1, 0.15) is 24.1 Å². The van der Waals surface area contributed by atoms with Gasteiger partial charge in [-0.2, -0.15) is 0 Å². The van der Waals surface area contributed by atoms with Crippen molar-refractivity contribution in [3.63, 3.8) is 0 Å². The van der Waals surface area contributed by atoms with Crippen molar-refractivity contribution in [2.75, 3.05) is 25.1 Å². The minimum atomic E-state index is -1.15. The van der Waals surface area contributed by atoms with E-state index in [1.165, 1.54) is 36.5 Å². The molecule has 3 aromatic rings. The molecule has 12 heteroatoms. The zero-order chi connectivity index (χ0) is 26.1. The van der Waals surface area contributed by atoms with Gasteiger partial charge in [-0.25, -0.2) is 18.6 Å². The summed E-state index contributed by atoms with van der Waals surface area (Å²) >= 11 is 5.89. The number of pyridine rings is 1. The molecule has 2 aromatic carbocycles. The van der Waals surface area contributed by atoms with Crippen LogP contribution in [0.25, 0.3) is 10.8 Å². The molecule has 1 heterocycles. The summed E-state index contributed by atoms with van der Waals surface area (Å²) in [7, 11) is 0. The first-order chi connectivity index (χ1) is 17.2.